The third kappa shape index (κ3) is 3.03. The van der Waals surface area contributed by atoms with Crippen LogP contribution in [0.4, 0.5) is 5.69 Å². The van der Waals surface area contributed by atoms with Crippen LogP contribution in [0.25, 0.3) is 11.0 Å². The maximum Gasteiger partial charge on any atom is 0.227 e. The van der Waals surface area contributed by atoms with Gasteiger partial charge in [-0.1, -0.05) is 29.8 Å². The molecule has 138 valence electrons. The number of fused-ring (bicyclic) bond motifs is 1. The third-order valence-electron chi connectivity index (χ3n) is 5.43. The minimum Gasteiger partial charge on any atom is -0.317 e. The second-order valence-electron chi connectivity index (χ2n) is 7.36. The summed E-state index contributed by atoms with van der Waals surface area (Å²) in [5.41, 5.74) is 3.88. The lowest BCUT2D eigenvalue weighted by atomic mass is 10.1. The second kappa shape index (κ2) is 6.65. The van der Waals surface area contributed by atoms with E-state index >= 15 is 0 Å². The Morgan fingerprint density at radius 3 is 2.56 bits per heavy atom. The Morgan fingerprint density at radius 2 is 1.85 bits per heavy atom. The zero-order valence-corrected chi connectivity index (χ0v) is 15.8. The number of imidazole rings is 1. The van der Waals surface area contributed by atoms with Crippen LogP contribution < -0.4 is 4.90 Å². The molecule has 0 saturated carbocycles. The van der Waals surface area contributed by atoms with E-state index in [0.29, 0.717) is 13.0 Å². The zero-order valence-electron chi connectivity index (χ0n) is 15.8. The molecule has 0 bridgehead atoms. The molecule has 2 unspecified atom stereocenters. The fraction of sp³-hybridized carbons (Fsp3) is 0.318. The van der Waals surface area contributed by atoms with Gasteiger partial charge < -0.3 is 9.47 Å². The lowest BCUT2D eigenvalue weighted by Crippen LogP contribution is -2.25. The zero-order chi connectivity index (χ0) is 19.1. The predicted molar refractivity (Wildman–Crippen MR) is 106 cm³/mol. The number of aromatic nitrogens is 2. The standard InChI is InChI=1S/C22H23N3O2/c1-14-8-10-18(11-9-14)24-13-17(12-21(24)27)22-23-19-6-4-5-7-20(19)25(22)15(2)16(3)26/h4-11,15,17H,12-13H2,1-3H3. The molecule has 2 heterocycles. The number of para-hydroxylation sites is 2. The monoisotopic (exact) mass is 361 g/mol. The van der Waals surface area contributed by atoms with Crippen molar-refractivity contribution < 1.29 is 9.59 Å². The number of carbonyl (C=O) groups excluding carboxylic acids is 2. The van der Waals surface area contributed by atoms with Gasteiger partial charge in [0.2, 0.25) is 5.91 Å². The molecule has 0 spiro atoms. The van der Waals surface area contributed by atoms with E-state index in [1.165, 1.54) is 5.56 Å². The molecule has 1 aliphatic heterocycles. The van der Waals surface area contributed by atoms with Gasteiger partial charge in [0.15, 0.2) is 5.78 Å². The Bertz CT molecular complexity index is 1020. The van der Waals surface area contributed by atoms with Crippen molar-refractivity contribution in [3.05, 3.63) is 59.9 Å². The number of amides is 1. The number of aryl methyl sites for hydroxylation is 1. The van der Waals surface area contributed by atoms with E-state index in [0.717, 1.165) is 22.5 Å². The molecule has 1 fully saturated rings. The molecule has 0 N–H and O–H groups in total. The van der Waals surface area contributed by atoms with Gasteiger partial charge in [-0.15, -0.1) is 0 Å². The summed E-state index contributed by atoms with van der Waals surface area (Å²) in [5.74, 6) is 0.965. The quantitative estimate of drug-likeness (QED) is 0.705. The molecule has 1 aliphatic rings. The third-order valence-corrected chi connectivity index (χ3v) is 5.43. The highest BCUT2D eigenvalue weighted by Gasteiger charge is 2.35. The number of carbonyl (C=O) groups is 2. The Kier molecular flexibility index (Phi) is 4.30. The summed E-state index contributed by atoms with van der Waals surface area (Å²) >= 11 is 0. The van der Waals surface area contributed by atoms with Crippen LogP contribution in [0.2, 0.25) is 0 Å². The van der Waals surface area contributed by atoms with E-state index in [1.807, 2.05) is 71.8 Å². The van der Waals surface area contributed by atoms with Gasteiger partial charge in [-0.2, -0.15) is 0 Å². The number of hydrogen-bond donors (Lipinski definition) is 0. The van der Waals surface area contributed by atoms with Gasteiger partial charge in [-0.3, -0.25) is 9.59 Å². The molecule has 1 amide bonds. The molecule has 2 atom stereocenters. The van der Waals surface area contributed by atoms with Crippen molar-refractivity contribution in [2.75, 3.05) is 11.4 Å². The van der Waals surface area contributed by atoms with Crippen molar-refractivity contribution in [3.8, 4) is 0 Å². The molecule has 4 rings (SSSR count). The summed E-state index contributed by atoms with van der Waals surface area (Å²) in [6.45, 7) is 6.11. The first kappa shape index (κ1) is 17.5. The second-order valence-corrected chi connectivity index (χ2v) is 7.36. The summed E-state index contributed by atoms with van der Waals surface area (Å²) in [7, 11) is 0. The van der Waals surface area contributed by atoms with E-state index in [4.69, 9.17) is 4.98 Å². The van der Waals surface area contributed by atoms with Crippen LogP contribution in [0.5, 0.6) is 0 Å². The largest absolute Gasteiger partial charge is 0.317 e. The predicted octanol–water partition coefficient (Wildman–Crippen LogP) is 4.02. The average molecular weight is 361 g/mol. The van der Waals surface area contributed by atoms with E-state index in [-0.39, 0.29) is 23.7 Å². The Hall–Kier alpha value is -2.95. The molecule has 1 aromatic heterocycles. The maximum atomic E-state index is 12.7. The van der Waals surface area contributed by atoms with Gasteiger partial charge in [0.25, 0.3) is 0 Å². The topological polar surface area (TPSA) is 55.2 Å². The SMILES string of the molecule is CC(=O)C(C)n1c(C2CC(=O)N(c3ccc(C)cc3)C2)nc2ccccc21. The highest BCUT2D eigenvalue weighted by Crippen LogP contribution is 2.34. The van der Waals surface area contributed by atoms with E-state index in [9.17, 15) is 9.59 Å². The molecular formula is C22H23N3O2. The molecule has 0 radical (unpaired) electrons. The van der Waals surface area contributed by atoms with Gasteiger partial charge in [0, 0.05) is 24.6 Å². The molecule has 0 aliphatic carbocycles. The van der Waals surface area contributed by atoms with E-state index < -0.39 is 0 Å². The number of anilines is 1. The Balaban J connectivity index is 1.74. The maximum absolute atomic E-state index is 12.7. The van der Waals surface area contributed by atoms with Crippen LogP contribution in [0, 0.1) is 6.92 Å². The van der Waals surface area contributed by atoms with Crippen LogP contribution in [-0.4, -0.2) is 27.8 Å². The summed E-state index contributed by atoms with van der Waals surface area (Å²) in [4.78, 5) is 31.4. The number of rotatable bonds is 4. The molecule has 27 heavy (non-hydrogen) atoms. The molecule has 1 saturated heterocycles. The fourth-order valence-corrected chi connectivity index (χ4v) is 3.79. The van der Waals surface area contributed by atoms with Gasteiger partial charge >= 0.3 is 0 Å². The molecule has 3 aromatic rings. The van der Waals surface area contributed by atoms with E-state index in [2.05, 4.69) is 0 Å². The Morgan fingerprint density at radius 1 is 1.15 bits per heavy atom. The van der Waals surface area contributed by atoms with Gasteiger partial charge in [0.05, 0.1) is 17.1 Å². The normalized spacial score (nSPS) is 18.3. The summed E-state index contributed by atoms with van der Waals surface area (Å²) < 4.78 is 2.01. The Labute approximate surface area is 158 Å². The minimum atomic E-state index is -0.309. The lowest BCUT2D eigenvalue weighted by molar-refractivity contribution is -0.119. The van der Waals surface area contributed by atoms with Crippen molar-refractivity contribution in [1.82, 2.24) is 9.55 Å². The van der Waals surface area contributed by atoms with Crippen molar-refractivity contribution in [3.63, 3.8) is 0 Å². The lowest BCUT2D eigenvalue weighted by Gasteiger charge is -2.19. The van der Waals surface area contributed by atoms with Crippen LogP contribution in [-0.2, 0) is 9.59 Å². The van der Waals surface area contributed by atoms with Crippen molar-refractivity contribution in [2.24, 2.45) is 0 Å². The van der Waals surface area contributed by atoms with Crippen LogP contribution in [0.1, 0.15) is 43.6 Å². The van der Waals surface area contributed by atoms with Gasteiger partial charge in [0.1, 0.15) is 5.82 Å². The van der Waals surface area contributed by atoms with E-state index in [1.54, 1.807) is 6.92 Å². The van der Waals surface area contributed by atoms with Crippen molar-refractivity contribution in [1.29, 1.82) is 0 Å². The van der Waals surface area contributed by atoms with Crippen LogP contribution >= 0.6 is 0 Å². The summed E-state index contributed by atoms with van der Waals surface area (Å²) in [6.07, 6.45) is 0.405. The molecule has 2 aromatic carbocycles. The fourth-order valence-electron chi connectivity index (χ4n) is 3.79. The molecule has 5 nitrogen and oxygen atoms in total. The number of hydrogen-bond acceptors (Lipinski definition) is 3. The first-order valence-electron chi connectivity index (χ1n) is 9.30. The smallest absolute Gasteiger partial charge is 0.227 e. The number of ketones is 1. The van der Waals surface area contributed by atoms with Gasteiger partial charge in [-0.25, -0.2) is 4.98 Å². The molecular weight excluding hydrogens is 338 g/mol. The van der Waals surface area contributed by atoms with Crippen molar-refractivity contribution >= 4 is 28.4 Å². The minimum absolute atomic E-state index is 0.0343. The molecule has 5 heteroatoms. The average Bonchev–Trinajstić information content (AvgIpc) is 3.22. The number of benzene rings is 2. The van der Waals surface area contributed by atoms with Crippen LogP contribution in [0.15, 0.2) is 48.5 Å². The van der Waals surface area contributed by atoms with Crippen LogP contribution in [0.3, 0.4) is 0 Å². The van der Waals surface area contributed by atoms with Gasteiger partial charge in [-0.05, 0) is 45.0 Å². The number of Topliss-reactive ketones (excluding diaryl/α,β-unsaturated/α-hetero) is 1. The van der Waals surface area contributed by atoms with Crippen molar-refractivity contribution in [2.45, 2.75) is 39.2 Å². The first-order chi connectivity index (χ1) is 13.0. The number of nitrogens with zero attached hydrogens (tertiary/aromatic N) is 3. The highest BCUT2D eigenvalue weighted by atomic mass is 16.2. The first-order valence-corrected chi connectivity index (χ1v) is 9.30. The summed E-state index contributed by atoms with van der Waals surface area (Å²) in [5, 5.41) is 0. The summed E-state index contributed by atoms with van der Waals surface area (Å²) in [6, 6.07) is 15.5. The highest BCUT2D eigenvalue weighted by molar-refractivity contribution is 5.96.